The van der Waals surface area contributed by atoms with E-state index in [1.165, 1.54) is 44.6 Å². The summed E-state index contributed by atoms with van der Waals surface area (Å²) in [6.07, 6.45) is 6.06. The Morgan fingerprint density at radius 2 is 0.797 bits per heavy atom. The molecular formula is C59H61N3O2. The highest BCUT2D eigenvalue weighted by molar-refractivity contribution is 5.95. The van der Waals surface area contributed by atoms with Crippen LogP contribution < -0.4 is 16.4 Å². The first-order valence-corrected chi connectivity index (χ1v) is 22.2. The molecule has 5 nitrogen and oxygen atoms in total. The van der Waals surface area contributed by atoms with E-state index in [0.717, 1.165) is 72.3 Å². The minimum absolute atomic E-state index is 0.282. The van der Waals surface area contributed by atoms with Crippen LogP contribution in [0.2, 0.25) is 0 Å². The molecule has 0 spiro atoms. The second-order valence-electron chi connectivity index (χ2n) is 16.5. The number of aryl methyl sites for hydroxylation is 10. The van der Waals surface area contributed by atoms with E-state index >= 15 is 0 Å². The number of nitrogens with one attached hydrogen (secondary N) is 2. The summed E-state index contributed by atoms with van der Waals surface area (Å²) in [5.41, 5.74) is 23.6. The molecule has 0 amide bonds. The van der Waals surface area contributed by atoms with E-state index in [9.17, 15) is 9.90 Å². The summed E-state index contributed by atoms with van der Waals surface area (Å²) >= 11 is 0. The van der Waals surface area contributed by atoms with E-state index in [1.807, 2.05) is 74.5 Å². The van der Waals surface area contributed by atoms with Crippen molar-refractivity contribution in [2.75, 3.05) is 16.4 Å². The van der Waals surface area contributed by atoms with Gasteiger partial charge in [0.1, 0.15) is 0 Å². The molecule has 0 unspecified atom stereocenters. The zero-order valence-corrected chi connectivity index (χ0v) is 37.7. The summed E-state index contributed by atoms with van der Waals surface area (Å²) in [4.78, 5) is 11.5. The van der Waals surface area contributed by atoms with Crippen LogP contribution in [0.3, 0.4) is 0 Å². The number of anilines is 5. The standard InChI is InChI=1S/C22H21NO2.C22H23N.C15H17N/c1-16-6-5-9-19(14-16)23-21-15-18(12-13-20(21)22(24)25)11-10-17-7-3-2-4-8-17;1-17-7-6-10-21(15-17)23-22-16-20(12-11-18(22)2)14-13-19-8-4-3-5-9-19;1-12-7-8-14(11-15(12)16)10-9-13-5-3-2-4-6-13/h2-9,12-15,23H,10-11H2,1H3,(H,24,25);3-12,15-16,23H,13-14H2,1-2H3;2-8,11H,9-10,16H2,1H3. The Morgan fingerprint density at radius 1 is 0.406 bits per heavy atom. The predicted octanol–water partition coefficient (Wildman–Crippen LogP) is 14.4. The Balaban J connectivity index is 0.000000163. The van der Waals surface area contributed by atoms with Gasteiger partial charge in [-0.05, 0) is 170 Å². The van der Waals surface area contributed by atoms with E-state index in [0.29, 0.717) is 5.69 Å². The molecule has 0 aliphatic heterocycles. The van der Waals surface area contributed by atoms with Crippen LogP contribution in [0.25, 0.3) is 0 Å². The molecule has 0 saturated heterocycles. The second-order valence-corrected chi connectivity index (χ2v) is 16.5. The molecule has 8 aromatic rings. The van der Waals surface area contributed by atoms with Gasteiger partial charge in [0.15, 0.2) is 0 Å². The second kappa shape index (κ2) is 23.7. The Kier molecular flexibility index (Phi) is 17.1. The summed E-state index contributed by atoms with van der Waals surface area (Å²) < 4.78 is 0. The third kappa shape index (κ3) is 14.9. The molecular weight excluding hydrogens is 783 g/mol. The molecule has 0 aromatic heterocycles. The highest BCUT2D eigenvalue weighted by atomic mass is 16.4. The minimum Gasteiger partial charge on any atom is -0.478 e. The number of nitrogen functional groups attached to an aromatic ring is 1. The van der Waals surface area contributed by atoms with E-state index in [-0.39, 0.29) is 5.56 Å². The van der Waals surface area contributed by atoms with Gasteiger partial charge in [0.25, 0.3) is 0 Å². The van der Waals surface area contributed by atoms with E-state index in [4.69, 9.17) is 5.73 Å². The minimum atomic E-state index is -0.926. The van der Waals surface area contributed by atoms with Crippen molar-refractivity contribution in [2.24, 2.45) is 0 Å². The average Bonchev–Trinajstić information content (AvgIpc) is 3.30. The van der Waals surface area contributed by atoms with Crippen molar-refractivity contribution < 1.29 is 9.90 Å². The molecule has 8 aromatic carbocycles. The van der Waals surface area contributed by atoms with Crippen molar-refractivity contribution in [1.29, 1.82) is 0 Å². The van der Waals surface area contributed by atoms with Crippen molar-refractivity contribution in [2.45, 2.75) is 66.2 Å². The van der Waals surface area contributed by atoms with Crippen LogP contribution >= 0.6 is 0 Å². The van der Waals surface area contributed by atoms with Gasteiger partial charge in [-0.3, -0.25) is 0 Å². The molecule has 5 heteroatoms. The van der Waals surface area contributed by atoms with Crippen LogP contribution in [-0.4, -0.2) is 11.1 Å². The largest absolute Gasteiger partial charge is 0.478 e. The third-order valence-corrected chi connectivity index (χ3v) is 11.2. The van der Waals surface area contributed by atoms with Crippen molar-refractivity contribution in [3.63, 3.8) is 0 Å². The number of hydrogen-bond donors (Lipinski definition) is 4. The van der Waals surface area contributed by atoms with Gasteiger partial charge in [-0.25, -0.2) is 4.79 Å². The van der Waals surface area contributed by atoms with Gasteiger partial charge in [-0.15, -0.1) is 0 Å². The Hall–Kier alpha value is -7.37. The van der Waals surface area contributed by atoms with Gasteiger partial charge >= 0.3 is 5.97 Å². The van der Waals surface area contributed by atoms with Gasteiger partial charge in [0, 0.05) is 22.7 Å². The molecule has 0 aliphatic carbocycles. The van der Waals surface area contributed by atoms with Crippen LogP contribution in [0.1, 0.15) is 66.0 Å². The van der Waals surface area contributed by atoms with Crippen molar-refractivity contribution in [1.82, 2.24) is 0 Å². The van der Waals surface area contributed by atoms with Gasteiger partial charge in [0.05, 0.1) is 11.3 Å². The van der Waals surface area contributed by atoms with E-state index in [1.54, 1.807) is 6.07 Å². The monoisotopic (exact) mass is 843 g/mol. The molecule has 0 atom stereocenters. The number of carbonyl (C=O) groups is 1. The van der Waals surface area contributed by atoms with Crippen LogP contribution in [0, 0.1) is 27.7 Å². The van der Waals surface area contributed by atoms with Crippen LogP contribution in [-0.2, 0) is 38.5 Å². The van der Waals surface area contributed by atoms with Crippen LogP contribution in [0.4, 0.5) is 28.4 Å². The maximum atomic E-state index is 11.5. The Bertz CT molecular complexity index is 2690. The van der Waals surface area contributed by atoms with Crippen molar-refractivity contribution in [3.05, 3.63) is 255 Å². The molecule has 0 saturated carbocycles. The smallest absolute Gasteiger partial charge is 0.337 e. The lowest BCUT2D eigenvalue weighted by Gasteiger charge is -2.12. The highest BCUT2D eigenvalue weighted by Crippen LogP contribution is 2.26. The summed E-state index contributed by atoms with van der Waals surface area (Å²) in [6, 6.07) is 66.5. The Morgan fingerprint density at radius 3 is 1.23 bits per heavy atom. The fourth-order valence-electron chi connectivity index (χ4n) is 7.40. The Labute approximate surface area is 380 Å². The first-order valence-electron chi connectivity index (χ1n) is 22.2. The number of rotatable bonds is 14. The summed E-state index contributed by atoms with van der Waals surface area (Å²) in [5.74, 6) is -0.926. The van der Waals surface area contributed by atoms with E-state index in [2.05, 4.69) is 152 Å². The highest BCUT2D eigenvalue weighted by Gasteiger charge is 2.12. The third-order valence-electron chi connectivity index (χ3n) is 11.2. The fourth-order valence-corrected chi connectivity index (χ4v) is 7.40. The first kappa shape index (κ1) is 46.1. The summed E-state index contributed by atoms with van der Waals surface area (Å²) in [7, 11) is 0. The zero-order chi connectivity index (χ0) is 45.1. The maximum Gasteiger partial charge on any atom is 0.337 e. The first-order chi connectivity index (χ1) is 31.1. The number of aromatic carboxylic acids is 1. The number of carboxylic acid groups (broad SMARTS) is 1. The number of benzene rings is 8. The number of hydrogen-bond acceptors (Lipinski definition) is 4. The quantitative estimate of drug-likeness (QED) is 0.0819. The lowest BCUT2D eigenvalue weighted by Crippen LogP contribution is -2.04. The maximum absolute atomic E-state index is 11.5. The van der Waals surface area contributed by atoms with Gasteiger partial charge < -0.3 is 21.5 Å². The van der Waals surface area contributed by atoms with Gasteiger partial charge in [-0.2, -0.15) is 0 Å². The molecule has 8 rings (SSSR count). The summed E-state index contributed by atoms with van der Waals surface area (Å²) in [5, 5.41) is 16.3. The average molecular weight is 844 g/mol. The molecule has 0 fully saturated rings. The molecule has 0 aliphatic rings. The van der Waals surface area contributed by atoms with Crippen LogP contribution in [0.5, 0.6) is 0 Å². The van der Waals surface area contributed by atoms with Gasteiger partial charge in [0.2, 0.25) is 0 Å². The molecule has 5 N–H and O–H groups in total. The lowest BCUT2D eigenvalue weighted by atomic mass is 10.0. The molecule has 0 heterocycles. The van der Waals surface area contributed by atoms with Crippen molar-refractivity contribution >= 4 is 34.4 Å². The topological polar surface area (TPSA) is 87.4 Å². The van der Waals surface area contributed by atoms with E-state index < -0.39 is 5.97 Å². The lowest BCUT2D eigenvalue weighted by molar-refractivity contribution is 0.0698. The fraction of sp³-hybridized carbons (Fsp3) is 0.169. The summed E-state index contributed by atoms with van der Waals surface area (Å²) in [6.45, 7) is 8.32. The van der Waals surface area contributed by atoms with Crippen molar-refractivity contribution in [3.8, 4) is 0 Å². The number of nitrogens with two attached hydrogens (primary N) is 1. The van der Waals surface area contributed by atoms with Gasteiger partial charge in [-0.1, -0.05) is 146 Å². The normalized spacial score (nSPS) is 10.4. The predicted molar refractivity (Wildman–Crippen MR) is 271 cm³/mol. The molecule has 0 radical (unpaired) electrons. The zero-order valence-electron chi connectivity index (χ0n) is 37.7. The SMILES string of the molecule is Cc1ccc(CCc2ccccc2)cc1N.Cc1cccc(Nc2cc(CCc3ccccc3)ccc2C(=O)O)c1.Cc1cccc(Nc2cc(CCc3ccccc3)ccc2C)c1. The molecule has 64 heavy (non-hydrogen) atoms. The van der Waals surface area contributed by atoms with Crippen LogP contribution in [0.15, 0.2) is 194 Å². The number of carboxylic acids is 1. The molecule has 324 valence electrons. The molecule has 0 bridgehead atoms.